The van der Waals surface area contributed by atoms with Gasteiger partial charge < -0.3 is 14.8 Å². The molecule has 1 N–H and O–H groups in total. The maximum Gasteiger partial charge on any atom is 0.161 e. The second kappa shape index (κ2) is 6.20. The van der Waals surface area contributed by atoms with E-state index in [1.807, 2.05) is 24.4 Å². The van der Waals surface area contributed by atoms with Gasteiger partial charge in [0.25, 0.3) is 0 Å². The molecule has 0 radical (unpaired) electrons. The Kier molecular flexibility index (Phi) is 4.56. The Morgan fingerprint density at radius 2 is 1.76 bits per heavy atom. The number of methoxy groups -OCH3 is 2. The maximum atomic E-state index is 5.38. The highest BCUT2D eigenvalue weighted by atomic mass is 16.5. The lowest BCUT2D eigenvalue weighted by atomic mass is 9.92. The number of rotatable bonds is 5. The highest BCUT2D eigenvalue weighted by molar-refractivity contribution is 5.94. The highest BCUT2D eigenvalue weighted by Crippen LogP contribution is 2.34. The van der Waals surface area contributed by atoms with Crippen molar-refractivity contribution in [3.05, 3.63) is 24.4 Å². The molecule has 0 fully saturated rings. The Morgan fingerprint density at radius 1 is 1.10 bits per heavy atom. The van der Waals surface area contributed by atoms with Crippen molar-refractivity contribution in [3.63, 3.8) is 0 Å². The van der Waals surface area contributed by atoms with E-state index < -0.39 is 0 Å². The number of ether oxygens (including phenoxy) is 2. The number of benzene rings is 1. The second-order valence-corrected chi connectivity index (χ2v) is 6.33. The molecule has 0 spiro atoms. The molecule has 1 aromatic carbocycles. The van der Waals surface area contributed by atoms with Crippen LogP contribution in [-0.2, 0) is 0 Å². The summed E-state index contributed by atoms with van der Waals surface area (Å²) in [5.41, 5.74) is 0.304. The van der Waals surface area contributed by atoms with Gasteiger partial charge in [-0.1, -0.05) is 20.8 Å². The van der Waals surface area contributed by atoms with Crippen LogP contribution in [0.2, 0.25) is 0 Å². The number of anilines is 1. The Bertz CT molecular complexity index is 618. The normalized spacial score (nSPS) is 11.5. The summed E-state index contributed by atoms with van der Waals surface area (Å²) in [6.07, 6.45) is 2.89. The highest BCUT2D eigenvalue weighted by Gasteiger charge is 2.12. The third-order valence-electron chi connectivity index (χ3n) is 3.44. The zero-order valence-electron chi connectivity index (χ0n) is 13.5. The molecule has 0 aliphatic heterocycles. The number of fused-ring (bicyclic) bond motifs is 1. The summed E-state index contributed by atoms with van der Waals surface area (Å²) in [6.45, 7) is 7.60. The van der Waals surface area contributed by atoms with E-state index in [9.17, 15) is 0 Å². The topological polar surface area (TPSA) is 43.4 Å². The summed E-state index contributed by atoms with van der Waals surface area (Å²) in [7, 11) is 3.29. The van der Waals surface area contributed by atoms with E-state index in [0.29, 0.717) is 5.41 Å². The first-order valence-electron chi connectivity index (χ1n) is 7.19. The van der Waals surface area contributed by atoms with Crippen molar-refractivity contribution in [3.8, 4) is 11.5 Å². The smallest absolute Gasteiger partial charge is 0.161 e. The van der Waals surface area contributed by atoms with Crippen LogP contribution >= 0.6 is 0 Å². The number of hydrogen-bond donors (Lipinski definition) is 1. The molecule has 0 atom stereocenters. The minimum absolute atomic E-state index is 0.304. The first-order valence-corrected chi connectivity index (χ1v) is 7.19. The number of aromatic nitrogens is 1. The van der Waals surface area contributed by atoms with Crippen LogP contribution in [0.15, 0.2) is 24.4 Å². The van der Waals surface area contributed by atoms with E-state index in [2.05, 4.69) is 31.1 Å². The van der Waals surface area contributed by atoms with E-state index in [1.165, 1.54) is 0 Å². The molecule has 0 saturated heterocycles. The first-order chi connectivity index (χ1) is 9.94. The van der Waals surface area contributed by atoms with Crippen LogP contribution in [-0.4, -0.2) is 25.7 Å². The van der Waals surface area contributed by atoms with Crippen LogP contribution in [0.5, 0.6) is 11.5 Å². The largest absolute Gasteiger partial charge is 0.493 e. The second-order valence-electron chi connectivity index (χ2n) is 6.33. The summed E-state index contributed by atoms with van der Waals surface area (Å²) in [4.78, 5) is 4.45. The third kappa shape index (κ3) is 3.78. The fourth-order valence-electron chi connectivity index (χ4n) is 2.20. The van der Waals surface area contributed by atoms with Crippen molar-refractivity contribution >= 4 is 16.6 Å². The summed E-state index contributed by atoms with van der Waals surface area (Å²) >= 11 is 0. The molecule has 1 heterocycles. The standard InChI is InChI=1S/C17H24N2O2/c1-17(2,3)7-9-19-16-13-11-15(21-5)14(20-4)10-12(13)6-8-18-16/h6,8,10-11H,7,9H2,1-5H3,(H,18,19). The first kappa shape index (κ1) is 15.4. The van der Waals surface area contributed by atoms with Crippen LogP contribution in [0.4, 0.5) is 5.82 Å². The molecule has 0 bridgehead atoms. The van der Waals surface area contributed by atoms with Crippen molar-refractivity contribution in [2.75, 3.05) is 26.1 Å². The fourth-order valence-corrected chi connectivity index (χ4v) is 2.20. The molecule has 0 amide bonds. The van der Waals surface area contributed by atoms with Crippen molar-refractivity contribution in [1.29, 1.82) is 0 Å². The lowest BCUT2D eigenvalue weighted by Gasteiger charge is -2.19. The molecular weight excluding hydrogens is 264 g/mol. The fraction of sp³-hybridized carbons (Fsp3) is 0.471. The molecule has 4 heteroatoms. The number of nitrogens with one attached hydrogen (secondary N) is 1. The van der Waals surface area contributed by atoms with E-state index in [4.69, 9.17) is 9.47 Å². The number of nitrogens with zero attached hydrogens (tertiary/aromatic N) is 1. The van der Waals surface area contributed by atoms with Crippen LogP contribution < -0.4 is 14.8 Å². The average Bonchev–Trinajstić information content (AvgIpc) is 2.44. The van der Waals surface area contributed by atoms with Gasteiger partial charge in [-0.05, 0) is 35.4 Å². The SMILES string of the molecule is COc1cc2ccnc(NCCC(C)(C)C)c2cc1OC. The molecular formula is C17H24N2O2. The molecule has 21 heavy (non-hydrogen) atoms. The third-order valence-corrected chi connectivity index (χ3v) is 3.44. The van der Waals surface area contributed by atoms with Crippen LogP contribution in [0, 0.1) is 5.41 Å². The molecule has 2 aromatic rings. The van der Waals surface area contributed by atoms with Gasteiger partial charge in [-0.3, -0.25) is 0 Å². The van der Waals surface area contributed by atoms with Crippen LogP contribution in [0.25, 0.3) is 10.8 Å². The lowest BCUT2D eigenvalue weighted by molar-refractivity contribution is 0.356. The Balaban J connectivity index is 2.31. The summed E-state index contributed by atoms with van der Waals surface area (Å²) in [5, 5.41) is 5.56. The Hall–Kier alpha value is -1.97. The summed E-state index contributed by atoms with van der Waals surface area (Å²) in [5.74, 6) is 2.34. The quantitative estimate of drug-likeness (QED) is 0.899. The van der Waals surface area contributed by atoms with Crippen LogP contribution in [0.3, 0.4) is 0 Å². The van der Waals surface area contributed by atoms with Gasteiger partial charge in [0.05, 0.1) is 14.2 Å². The van der Waals surface area contributed by atoms with Crippen molar-refractivity contribution in [1.82, 2.24) is 4.98 Å². The maximum absolute atomic E-state index is 5.38. The Morgan fingerprint density at radius 3 is 2.38 bits per heavy atom. The van der Waals surface area contributed by atoms with Crippen molar-refractivity contribution < 1.29 is 9.47 Å². The monoisotopic (exact) mass is 288 g/mol. The zero-order valence-corrected chi connectivity index (χ0v) is 13.5. The molecule has 2 rings (SSSR count). The van der Waals surface area contributed by atoms with E-state index in [-0.39, 0.29) is 0 Å². The summed E-state index contributed by atoms with van der Waals surface area (Å²) < 4.78 is 10.7. The molecule has 114 valence electrons. The zero-order chi connectivity index (χ0) is 15.5. The van der Waals surface area contributed by atoms with Crippen LogP contribution in [0.1, 0.15) is 27.2 Å². The van der Waals surface area contributed by atoms with Crippen molar-refractivity contribution in [2.24, 2.45) is 5.41 Å². The van der Waals surface area contributed by atoms with Gasteiger partial charge >= 0.3 is 0 Å². The van der Waals surface area contributed by atoms with Gasteiger partial charge in [-0.15, -0.1) is 0 Å². The van der Waals surface area contributed by atoms with Gasteiger partial charge in [0.2, 0.25) is 0 Å². The minimum atomic E-state index is 0.304. The molecule has 0 aliphatic rings. The van der Waals surface area contributed by atoms with Gasteiger partial charge in [0, 0.05) is 18.1 Å². The van der Waals surface area contributed by atoms with Gasteiger partial charge in [0.15, 0.2) is 11.5 Å². The predicted molar refractivity (Wildman–Crippen MR) is 87.4 cm³/mol. The summed E-state index contributed by atoms with van der Waals surface area (Å²) in [6, 6.07) is 5.93. The van der Waals surface area contributed by atoms with Gasteiger partial charge in [-0.2, -0.15) is 0 Å². The van der Waals surface area contributed by atoms with E-state index in [0.717, 1.165) is 41.1 Å². The molecule has 0 saturated carbocycles. The minimum Gasteiger partial charge on any atom is -0.493 e. The van der Waals surface area contributed by atoms with Crippen molar-refractivity contribution in [2.45, 2.75) is 27.2 Å². The lowest BCUT2D eigenvalue weighted by Crippen LogP contribution is -2.13. The molecule has 0 unspecified atom stereocenters. The molecule has 0 aliphatic carbocycles. The van der Waals surface area contributed by atoms with Gasteiger partial charge in [0.1, 0.15) is 5.82 Å². The van der Waals surface area contributed by atoms with E-state index >= 15 is 0 Å². The predicted octanol–water partition coefficient (Wildman–Crippen LogP) is 4.10. The molecule has 4 nitrogen and oxygen atoms in total. The van der Waals surface area contributed by atoms with E-state index in [1.54, 1.807) is 14.2 Å². The van der Waals surface area contributed by atoms with Gasteiger partial charge in [-0.25, -0.2) is 4.98 Å². The number of pyridine rings is 1. The number of hydrogen-bond acceptors (Lipinski definition) is 4. The molecule has 1 aromatic heterocycles. The Labute approximate surface area is 126 Å². The average molecular weight is 288 g/mol.